The van der Waals surface area contributed by atoms with Gasteiger partial charge < -0.3 is 23.7 Å². The van der Waals surface area contributed by atoms with Crippen LogP contribution >= 0.6 is 0 Å². The lowest BCUT2D eigenvalue weighted by atomic mass is 10.6. The molecule has 0 atom stereocenters. The Balaban J connectivity index is 3.00. The van der Waals surface area contributed by atoms with Crippen molar-refractivity contribution < 1.29 is 28.5 Å². The Morgan fingerprint density at radius 1 is 0.889 bits per heavy atom. The Morgan fingerprint density at radius 2 is 1.44 bits per heavy atom. The summed E-state index contributed by atoms with van der Waals surface area (Å²) in [6.45, 7) is 9.20. The fourth-order valence-electron chi connectivity index (χ4n) is 0.855. The third-order valence-electron chi connectivity index (χ3n) is 1.65. The van der Waals surface area contributed by atoms with E-state index in [-0.39, 0.29) is 13.4 Å². The molecule has 0 aliphatic heterocycles. The number of ether oxygens (including phenoxy) is 5. The standard InChI is InChI=1S/C12H20O6/c1-3-12(13)18-10-9-16-6-5-15-7-8-17-11-14-4-2/h3-4H,1-2,5-11H2. The van der Waals surface area contributed by atoms with Gasteiger partial charge >= 0.3 is 5.97 Å². The van der Waals surface area contributed by atoms with E-state index in [9.17, 15) is 4.79 Å². The van der Waals surface area contributed by atoms with Crippen LogP contribution in [0.25, 0.3) is 0 Å². The van der Waals surface area contributed by atoms with E-state index in [2.05, 4.69) is 13.2 Å². The van der Waals surface area contributed by atoms with E-state index in [1.165, 1.54) is 6.26 Å². The highest BCUT2D eigenvalue weighted by Crippen LogP contribution is 1.84. The molecule has 0 bridgehead atoms. The zero-order valence-corrected chi connectivity index (χ0v) is 10.5. The van der Waals surface area contributed by atoms with Crippen molar-refractivity contribution in [3.63, 3.8) is 0 Å². The van der Waals surface area contributed by atoms with Gasteiger partial charge in [0.1, 0.15) is 6.61 Å². The predicted octanol–water partition coefficient (Wildman–Crippen LogP) is 0.883. The van der Waals surface area contributed by atoms with Crippen molar-refractivity contribution in [2.75, 3.05) is 46.4 Å². The van der Waals surface area contributed by atoms with Gasteiger partial charge in [0.15, 0.2) is 6.79 Å². The first-order valence-corrected chi connectivity index (χ1v) is 5.56. The quantitative estimate of drug-likeness (QED) is 0.161. The third-order valence-corrected chi connectivity index (χ3v) is 1.65. The van der Waals surface area contributed by atoms with E-state index < -0.39 is 5.97 Å². The van der Waals surface area contributed by atoms with Crippen molar-refractivity contribution in [1.82, 2.24) is 0 Å². The van der Waals surface area contributed by atoms with Gasteiger partial charge in [0, 0.05) is 6.08 Å². The molecule has 0 unspecified atom stereocenters. The van der Waals surface area contributed by atoms with E-state index >= 15 is 0 Å². The van der Waals surface area contributed by atoms with Gasteiger partial charge in [0.05, 0.1) is 39.3 Å². The van der Waals surface area contributed by atoms with Gasteiger partial charge in [0.25, 0.3) is 0 Å². The van der Waals surface area contributed by atoms with E-state index in [0.717, 1.165) is 6.08 Å². The van der Waals surface area contributed by atoms with E-state index in [0.29, 0.717) is 33.0 Å². The topological polar surface area (TPSA) is 63.2 Å². The smallest absolute Gasteiger partial charge is 0.330 e. The van der Waals surface area contributed by atoms with Crippen LogP contribution in [0.3, 0.4) is 0 Å². The molecule has 0 aromatic heterocycles. The number of rotatable bonds is 13. The van der Waals surface area contributed by atoms with Crippen molar-refractivity contribution in [3.05, 3.63) is 25.5 Å². The molecule has 18 heavy (non-hydrogen) atoms. The predicted molar refractivity (Wildman–Crippen MR) is 64.9 cm³/mol. The Hall–Kier alpha value is -1.37. The normalized spacial score (nSPS) is 9.78. The van der Waals surface area contributed by atoms with Crippen molar-refractivity contribution >= 4 is 5.97 Å². The van der Waals surface area contributed by atoms with Gasteiger partial charge in [-0.2, -0.15) is 0 Å². The summed E-state index contributed by atoms with van der Waals surface area (Å²) in [4.78, 5) is 10.6. The maximum atomic E-state index is 10.6. The first kappa shape index (κ1) is 16.6. The van der Waals surface area contributed by atoms with Crippen molar-refractivity contribution in [2.45, 2.75) is 0 Å². The Kier molecular flexibility index (Phi) is 12.7. The van der Waals surface area contributed by atoms with Crippen LogP contribution in [-0.2, 0) is 28.5 Å². The second-order valence-electron chi connectivity index (χ2n) is 2.96. The summed E-state index contributed by atoms with van der Waals surface area (Å²) in [5, 5.41) is 0. The summed E-state index contributed by atoms with van der Waals surface area (Å²) in [5.41, 5.74) is 0. The van der Waals surface area contributed by atoms with Gasteiger partial charge in [-0.3, -0.25) is 0 Å². The van der Waals surface area contributed by atoms with Crippen LogP contribution in [0.1, 0.15) is 0 Å². The lowest BCUT2D eigenvalue weighted by molar-refractivity contribution is -0.139. The summed E-state index contributed by atoms with van der Waals surface area (Å²) in [6, 6.07) is 0. The maximum absolute atomic E-state index is 10.6. The highest BCUT2D eigenvalue weighted by atomic mass is 16.7. The van der Waals surface area contributed by atoms with Crippen molar-refractivity contribution in [1.29, 1.82) is 0 Å². The fourth-order valence-corrected chi connectivity index (χ4v) is 0.855. The first-order chi connectivity index (χ1) is 8.81. The van der Waals surface area contributed by atoms with Crippen LogP contribution < -0.4 is 0 Å². The Bertz CT molecular complexity index is 229. The second-order valence-corrected chi connectivity index (χ2v) is 2.96. The number of carbonyl (C=O) groups is 1. The van der Waals surface area contributed by atoms with Gasteiger partial charge in [-0.25, -0.2) is 4.79 Å². The molecule has 0 N–H and O–H groups in total. The summed E-state index contributed by atoms with van der Waals surface area (Å²) in [6.07, 6.45) is 2.42. The lowest BCUT2D eigenvalue weighted by Gasteiger charge is -2.06. The van der Waals surface area contributed by atoms with Crippen LogP contribution in [0, 0.1) is 0 Å². The second kappa shape index (κ2) is 13.7. The number of esters is 1. The summed E-state index contributed by atoms with van der Waals surface area (Å²) < 4.78 is 24.9. The molecule has 0 spiro atoms. The highest BCUT2D eigenvalue weighted by molar-refractivity contribution is 5.81. The molecule has 0 saturated heterocycles. The molecule has 6 heteroatoms. The molecule has 0 aromatic rings. The Labute approximate surface area is 107 Å². The summed E-state index contributed by atoms with van der Waals surface area (Å²) in [7, 11) is 0. The van der Waals surface area contributed by atoms with Crippen molar-refractivity contribution in [3.8, 4) is 0 Å². The third kappa shape index (κ3) is 12.7. The summed E-state index contributed by atoms with van der Waals surface area (Å²) in [5.74, 6) is -0.450. The van der Waals surface area contributed by atoms with Crippen LogP contribution in [0.4, 0.5) is 0 Å². The molecule has 104 valence electrons. The molecular formula is C12H20O6. The highest BCUT2D eigenvalue weighted by Gasteiger charge is 1.95. The molecule has 0 heterocycles. The minimum absolute atomic E-state index is 0.179. The lowest BCUT2D eigenvalue weighted by Crippen LogP contribution is -2.13. The van der Waals surface area contributed by atoms with Crippen LogP contribution in [0.5, 0.6) is 0 Å². The van der Waals surface area contributed by atoms with Crippen LogP contribution in [0.2, 0.25) is 0 Å². The number of hydrogen-bond donors (Lipinski definition) is 0. The van der Waals surface area contributed by atoms with E-state index in [1.54, 1.807) is 0 Å². The average Bonchev–Trinajstić information content (AvgIpc) is 2.39. The van der Waals surface area contributed by atoms with Crippen molar-refractivity contribution in [2.24, 2.45) is 0 Å². The van der Waals surface area contributed by atoms with Gasteiger partial charge in [-0.05, 0) is 0 Å². The SMILES string of the molecule is C=COCOCCOCCOCCOC(=O)C=C. The molecule has 0 aliphatic rings. The largest absolute Gasteiger partial charge is 0.476 e. The number of carbonyl (C=O) groups excluding carboxylic acids is 1. The minimum atomic E-state index is -0.450. The van der Waals surface area contributed by atoms with E-state index in [4.69, 9.17) is 23.7 Å². The minimum Gasteiger partial charge on any atom is -0.476 e. The zero-order valence-electron chi connectivity index (χ0n) is 10.5. The molecular weight excluding hydrogens is 240 g/mol. The molecule has 0 amide bonds. The molecule has 6 nitrogen and oxygen atoms in total. The molecule has 0 aliphatic carbocycles. The maximum Gasteiger partial charge on any atom is 0.330 e. The molecule has 0 aromatic carbocycles. The molecule has 0 rings (SSSR count). The molecule has 0 radical (unpaired) electrons. The van der Waals surface area contributed by atoms with Gasteiger partial charge in [0.2, 0.25) is 0 Å². The van der Waals surface area contributed by atoms with Gasteiger partial charge in [-0.15, -0.1) is 0 Å². The monoisotopic (exact) mass is 260 g/mol. The molecule has 0 saturated carbocycles. The van der Waals surface area contributed by atoms with E-state index in [1.807, 2.05) is 0 Å². The first-order valence-electron chi connectivity index (χ1n) is 5.56. The van der Waals surface area contributed by atoms with Crippen LogP contribution in [0.15, 0.2) is 25.5 Å². The molecule has 0 fully saturated rings. The van der Waals surface area contributed by atoms with Gasteiger partial charge in [-0.1, -0.05) is 13.2 Å². The Morgan fingerprint density at radius 3 is 2.00 bits per heavy atom. The zero-order chi connectivity index (χ0) is 13.5. The van der Waals surface area contributed by atoms with Crippen LogP contribution in [-0.4, -0.2) is 52.4 Å². The average molecular weight is 260 g/mol. The number of hydrogen-bond acceptors (Lipinski definition) is 6. The summed E-state index contributed by atoms with van der Waals surface area (Å²) >= 11 is 0. The fraction of sp³-hybridized carbons (Fsp3) is 0.583.